The van der Waals surface area contributed by atoms with E-state index in [0.717, 1.165) is 12.8 Å². The fourth-order valence-electron chi connectivity index (χ4n) is 1.46. The van der Waals surface area contributed by atoms with Gasteiger partial charge in [0.15, 0.2) is 0 Å². The zero-order valence-corrected chi connectivity index (χ0v) is 8.94. The van der Waals surface area contributed by atoms with Crippen LogP contribution in [0.2, 0.25) is 0 Å². The van der Waals surface area contributed by atoms with Crippen molar-refractivity contribution < 1.29 is 0 Å². The highest BCUT2D eigenvalue weighted by molar-refractivity contribution is 8.01. The zero-order valence-electron chi connectivity index (χ0n) is 5.36. The highest BCUT2D eigenvalue weighted by atomic mass is 32.2. The molecule has 0 nitrogen and oxygen atoms in total. The Morgan fingerprint density at radius 2 is 1.00 bits per heavy atom. The van der Waals surface area contributed by atoms with Crippen LogP contribution in [0.25, 0.3) is 0 Å². The van der Waals surface area contributed by atoms with Gasteiger partial charge in [-0.15, -0.1) is 0 Å². The topological polar surface area (TPSA) is 0 Å². The second-order valence-corrected chi connectivity index (χ2v) is 7.28. The molecule has 0 unspecified atom stereocenters. The average molecular weight is 210 g/mol. The quantitative estimate of drug-likeness (QED) is 0.370. The molecule has 0 N–H and O–H groups in total. The van der Waals surface area contributed by atoms with Gasteiger partial charge in [0.05, 0.1) is 8.16 Å². The Hall–Kier alpha value is 1.40. The molecular weight excluding hydrogens is 200 g/mol. The van der Waals surface area contributed by atoms with Crippen LogP contribution in [0.3, 0.4) is 0 Å². The van der Waals surface area contributed by atoms with E-state index in [2.05, 4.69) is 50.5 Å². The molecular formula is C6H10S4. The molecule has 0 radical (unpaired) electrons. The molecule has 2 fully saturated rings. The maximum absolute atomic E-state index is 4.38. The van der Waals surface area contributed by atoms with E-state index in [0.29, 0.717) is 11.8 Å². The third kappa shape index (κ3) is 1.21. The number of rotatable bonds is 1. The Balaban J connectivity index is 1.96. The van der Waals surface area contributed by atoms with Crippen LogP contribution in [-0.4, -0.2) is 8.16 Å². The summed E-state index contributed by atoms with van der Waals surface area (Å²) in [7, 11) is 0. The summed E-state index contributed by atoms with van der Waals surface area (Å²) < 4.78 is -0.00421. The fraction of sp³-hybridized carbons (Fsp3) is 1.00. The molecule has 0 aromatic rings. The minimum atomic E-state index is -0.00211. The second kappa shape index (κ2) is 2.01. The van der Waals surface area contributed by atoms with E-state index in [1.54, 1.807) is 0 Å². The van der Waals surface area contributed by atoms with Gasteiger partial charge >= 0.3 is 0 Å². The predicted molar refractivity (Wildman–Crippen MR) is 57.6 cm³/mol. The third-order valence-corrected chi connectivity index (χ3v) is 4.45. The minimum Gasteiger partial charge on any atom is -0.162 e. The van der Waals surface area contributed by atoms with Gasteiger partial charge in [-0.3, -0.25) is 0 Å². The summed E-state index contributed by atoms with van der Waals surface area (Å²) in [4.78, 5) is 0. The van der Waals surface area contributed by atoms with Crippen LogP contribution < -0.4 is 0 Å². The molecule has 2 atom stereocenters. The lowest BCUT2D eigenvalue weighted by molar-refractivity contribution is 0.710. The van der Waals surface area contributed by atoms with Crippen LogP contribution >= 0.6 is 50.5 Å². The van der Waals surface area contributed by atoms with Gasteiger partial charge in [-0.25, -0.2) is 0 Å². The van der Waals surface area contributed by atoms with Gasteiger partial charge in [-0.1, -0.05) is 0 Å². The van der Waals surface area contributed by atoms with Crippen LogP contribution in [-0.2, 0) is 0 Å². The molecule has 0 aromatic carbocycles. The van der Waals surface area contributed by atoms with Gasteiger partial charge in [0.1, 0.15) is 0 Å². The summed E-state index contributed by atoms with van der Waals surface area (Å²) in [6.07, 6.45) is 2.24. The Morgan fingerprint density at radius 3 is 1.10 bits per heavy atom. The average Bonchev–Trinajstić information content (AvgIpc) is 2.49. The van der Waals surface area contributed by atoms with Crippen LogP contribution in [0, 0.1) is 11.8 Å². The number of hydrogen-bond acceptors (Lipinski definition) is 4. The Kier molecular flexibility index (Phi) is 1.61. The van der Waals surface area contributed by atoms with Crippen LogP contribution in [0.4, 0.5) is 0 Å². The molecule has 0 aromatic heterocycles. The first-order valence-electron chi connectivity index (χ1n) is 3.33. The molecule has 4 heteroatoms. The van der Waals surface area contributed by atoms with Gasteiger partial charge < -0.3 is 0 Å². The molecule has 58 valence electrons. The molecule has 10 heavy (non-hydrogen) atoms. The number of thiol groups is 4. The van der Waals surface area contributed by atoms with Gasteiger partial charge in [0.25, 0.3) is 0 Å². The summed E-state index contributed by atoms with van der Waals surface area (Å²) in [6, 6.07) is 0. The molecule has 0 saturated heterocycles. The minimum absolute atomic E-state index is 0.00211. The van der Waals surface area contributed by atoms with Crippen LogP contribution in [0.1, 0.15) is 12.8 Å². The van der Waals surface area contributed by atoms with Crippen molar-refractivity contribution in [3.05, 3.63) is 0 Å². The molecule has 2 aliphatic rings. The largest absolute Gasteiger partial charge is 0.162 e. The summed E-state index contributed by atoms with van der Waals surface area (Å²) in [5, 5.41) is 0. The summed E-state index contributed by atoms with van der Waals surface area (Å²) in [5.74, 6) is 1.29. The Labute approximate surface area is 83.2 Å². The first-order valence-corrected chi connectivity index (χ1v) is 5.12. The van der Waals surface area contributed by atoms with Crippen molar-refractivity contribution in [1.29, 1.82) is 0 Å². The Bertz CT molecular complexity index is 155. The van der Waals surface area contributed by atoms with Crippen LogP contribution in [0.15, 0.2) is 0 Å². The van der Waals surface area contributed by atoms with Crippen molar-refractivity contribution in [2.45, 2.75) is 21.0 Å². The maximum atomic E-state index is 4.38. The lowest BCUT2D eigenvalue weighted by Gasteiger charge is -2.01. The molecule has 2 aliphatic carbocycles. The van der Waals surface area contributed by atoms with Crippen LogP contribution in [0.5, 0.6) is 0 Å². The highest BCUT2D eigenvalue weighted by Gasteiger charge is 2.64. The van der Waals surface area contributed by atoms with Crippen molar-refractivity contribution in [2.24, 2.45) is 11.8 Å². The monoisotopic (exact) mass is 210 g/mol. The second-order valence-electron chi connectivity index (χ2n) is 3.38. The molecule has 0 spiro atoms. The lowest BCUT2D eigenvalue weighted by Crippen LogP contribution is -1.98. The molecule has 0 aliphatic heterocycles. The molecule has 0 bridgehead atoms. The summed E-state index contributed by atoms with van der Waals surface area (Å²) in [6.45, 7) is 0. The summed E-state index contributed by atoms with van der Waals surface area (Å²) >= 11 is 17.5. The van der Waals surface area contributed by atoms with Gasteiger partial charge in [0, 0.05) is 0 Å². The van der Waals surface area contributed by atoms with E-state index >= 15 is 0 Å². The van der Waals surface area contributed by atoms with E-state index in [1.165, 1.54) is 0 Å². The first-order chi connectivity index (χ1) is 4.43. The van der Waals surface area contributed by atoms with Crippen molar-refractivity contribution in [2.75, 3.05) is 0 Å². The van der Waals surface area contributed by atoms with E-state index in [4.69, 9.17) is 0 Å². The van der Waals surface area contributed by atoms with E-state index in [-0.39, 0.29) is 8.16 Å². The predicted octanol–water partition coefficient (Wildman–Crippen LogP) is 2.14. The summed E-state index contributed by atoms with van der Waals surface area (Å²) in [5.41, 5.74) is 0. The standard InChI is InChI=1S/C6H10S4/c7-5(8)1-3(5)4-2-6(4,9)10/h3-4,7-10H,1-2H2/t3-,4-/m1/s1. The van der Waals surface area contributed by atoms with Crippen molar-refractivity contribution in [1.82, 2.24) is 0 Å². The lowest BCUT2D eigenvalue weighted by atomic mass is 10.3. The van der Waals surface area contributed by atoms with Crippen molar-refractivity contribution >= 4 is 50.5 Å². The van der Waals surface area contributed by atoms with Crippen molar-refractivity contribution in [3.63, 3.8) is 0 Å². The van der Waals surface area contributed by atoms with Gasteiger partial charge in [-0.05, 0) is 24.7 Å². The zero-order chi connectivity index (χ0) is 7.57. The molecule has 2 saturated carbocycles. The fourth-order valence-corrected chi connectivity index (χ4v) is 2.96. The molecule has 2 rings (SSSR count). The van der Waals surface area contributed by atoms with E-state index < -0.39 is 0 Å². The smallest absolute Gasteiger partial charge is 0.0587 e. The number of hydrogen-bond donors (Lipinski definition) is 4. The highest BCUT2D eigenvalue weighted by Crippen LogP contribution is 2.69. The van der Waals surface area contributed by atoms with Crippen molar-refractivity contribution in [3.8, 4) is 0 Å². The normalized spacial score (nSPS) is 46.8. The molecule has 0 heterocycles. The van der Waals surface area contributed by atoms with E-state index in [9.17, 15) is 0 Å². The van der Waals surface area contributed by atoms with Gasteiger partial charge in [0.2, 0.25) is 0 Å². The van der Waals surface area contributed by atoms with Gasteiger partial charge in [-0.2, -0.15) is 50.5 Å². The SMILES string of the molecule is SC1(S)C[C@@H]1[C@H]1CC1(S)S. The third-order valence-electron chi connectivity index (χ3n) is 2.39. The first kappa shape index (κ1) is 8.02. The Morgan fingerprint density at radius 1 is 0.800 bits per heavy atom. The molecule has 0 amide bonds. The van der Waals surface area contributed by atoms with E-state index in [1.807, 2.05) is 0 Å². The maximum Gasteiger partial charge on any atom is 0.0587 e.